The summed E-state index contributed by atoms with van der Waals surface area (Å²) in [4.78, 5) is 2.48. The van der Waals surface area contributed by atoms with Crippen LogP contribution >= 0.6 is 0 Å². The van der Waals surface area contributed by atoms with Crippen LogP contribution in [0.5, 0.6) is 0 Å². The molecule has 3 fully saturated rings. The monoisotopic (exact) mass is 385 g/mol. The molecule has 1 unspecified atom stereocenters. The smallest absolute Gasteiger partial charge is 0.213 e. The molecule has 5 atom stereocenters. The van der Waals surface area contributed by atoms with Crippen molar-refractivity contribution in [2.75, 3.05) is 13.1 Å². The Labute approximate surface area is 172 Å². The van der Waals surface area contributed by atoms with Gasteiger partial charge in [-0.05, 0) is 37.3 Å². The lowest BCUT2D eigenvalue weighted by atomic mass is 9.73. The summed E-state index contributed by atoms with van der Waals surface area (Å²) in [6.07, 6.45) is 6.08. The Morgan fingerprint density at radius 1 is 1.10 bits per heavy atom. The van der Waals surface area contributed by atoms with Gasteiger partial charge in [0.15, 0.2) is 12.7 Å². The molecule has 4 heterocycles. The predicted octanol–water partition coefficient (Wildman–Crippen LogP) is 4.11. The van der Waals surface area contributed by atoms with E-state index in [-0.39, 0.29) is 6.04 Å². The summed E-state index contributed by atoms with van der Waals surface area (Å²) in [5, 5.41) is 12.6. The fourth-order valence-corrected chi connectivity index (χ4v) is 5.40. The number of nitrogens with zero attached hydrogens (tertiary/aromatic N) is 2. The van der Waals surface area contributed by atoms with Crippen LogP contribution in [0.3, 0.4) is 0 Å². The number of rotatable bonds is 5. The van der Waals surface area contributed by atoms with Crippen LogP contribution in [0, 0.1) is 11.8 Å². The number of fused-ring (bicyclic) bond motifs is 4. The van der Waals surface area contributed by atoms with Crippen LogP contribution in [-0.4, -0.2) is 29.1 Å². The molecule has 0 aliphatic carbocycles. The number of hydrogen-bond acceptors (Lipinski definition) is 2. The lowest BCUT2D eigenvalue weighted by Crippen LogP contribution is -2.54. The SMILES string of the molecule is C=C[C@@H]1CN2CC[C@@H]1C[C@@H]2[C@H](O)c1cc[n+](Cc2ccccc2)c2ccccc12. The van der Waals surface area contributed by atoms with Crippen molar-refractivity contribution in [3.8, 4) is 0 Å². The van der Waals surface area contributed by atoms with Crippen LogP contribution in [0.15, 0.2) is 79.5 Å². The number of pyridine rings is 1. The van der Waals surface area contributed by atoms with Gasteiger partial charge in [0.25, 0.3) is 0 Å². The zero-order valence-electron chi connectivity index (χ0n) is 16.8. The molecule has 3 heteroatoms. The average Bonchev–Trinajstić information content (AvgIpc) is 2.79. The molecule has 1 N–H and O–H groups in total. The number of aromatic nitrogens is 1. The second-order valence-corrected chi connectivity index (χ2v) is 8.59. The van der Waals surface area contributed by atoms with Crippen molar-refractivity contribution in [3.63, 3.8) is 0 Å². The molecule has 0 amide bonds. The van der Waals surface area contributed by atoms with Crippen LogP contribution in [0.2, 0.25) is 0 Å². The lowest BCUT2D eigenvalue weighted by Gasteiger charge is -2.50. The molecular weight excluding hydrogens is 356 g/mol. The van der Waals surface area contributed by atoms with Gasteiger partial charge < -0.3 is 5.11 Å². The van der Waals surface area contributed by atoms with Crippen molar-refractivity contribution in [2.24, 2.45) is 11.8 Å². The highest BCUT2D eigenvalue weighted by Gasteiger charge is 2.42. The summed E-state index contributed by atoms with van der Waals surface area (Å²) < 4.78 is 2.28. The Bertz CT molecular complexity index is 1020. The highest BCUT2D eigenvalue weighted by atomic mass is 16.3. The van der Waals surface area contributed by atoms with Crippen molar-refractivity contribution >= 4 is 10.9 Å². The topological polar surface area (TPSA) is 27.3 Å². The van der Waals surface area contributed by atoms with Gasteiger partial charge in [0, 0.05) is 35.8 Å². The summed E-state index contributed by atoms with van der Waals surface area (Å²) in [7, 11) is 0. The van der Waals surface area contributed by atoms with E-state index in [1.807, 2.05) is 0 Å². The third-order valence-electron chi connectivity index (χ3n) is 6.99. The first-order chi connectivity index (χ1) is 14.2. The molecule has 148 valence electrons. The van der Waals surface area contributed by atoms with Gasteiger partial charge in [-0.25, -0.2) is 0 Å². The second kappa shape index (κ2) is 7.74. The third kappa shape index (κ3) is 3.39. The van der Waals surface area contributed by atoms with Crippen molar-refractivity contribution in [1.29, 1.82) is 0 Å². The molecule has 6 rings (SSSR count). The second-order valence-electron chi connectivity index (χ2n) is 8.59. The standard InChI is InChI=1S/C26H29N2O/c1-2-20-18-28-14-12-21(20)16-25(28)26(29)23-13-15-27(17-19-8-4-3-5-9-19)24-11-7-6-10-22(23)24/h2-11,13,15,20-21,25-26,29H,1,12,14,16-18H2/q+1/t20-,21-,25-,26-/m1/s1. The Kier molecular flexibility index (Phi) is 4.94. The van der Waals surface area contributed by atoms with Crippen LogP contribution < -0.4 is 4.57 Å². The summed E-state index contributed by atoms with van der Waals surface area (Å²) in [6.45, 7) is 6.98. The van der Waals surface area contributed by atoms with E-state index in [0.29, 0.717) is 11.8 Å². The molecule has 3 saturated heterocycles. The van der Waals surface area contributed by atoms with Gasteiger partial charge in [-0.15, -0.1) is 6.58 Å². The van der Waals surface area contributed by atoms with Gasteiger partial charge in [-0.1, -0.05) is 48.5 Å². The molecule has 0 saturated carbocycles. The Balaban J connectivity index is 1.48. The molecular formula is C26H29N2O+. The van der Waals surface area contributed by atoms with Crippen LogP contribution in [-0.2, 0) is 6.54 Å². The fourth-order valence-electron chi connectivity index (χ4n) is 5.40. The largest absolute Gasteiger partial charge is 0.387 e. The summed E-state index contributed by atoms with van der Waals surface area (Å²) in [6, 6.07) is 21.3. The predicted molar refractivity (Wildman–Crippen MR) is 116 cm³/mol. The van der Waals surface area contributed by atoms with E-state index in [1.54, 1.807) is 0 Å². The van der Waals surface area contributed by atoms with Crippen LogP contribution in [0.25, 0.3) is 10.9 Å². The normalized spacial score (nSPS) is 27.1. The molecule has 3 aromatic rings. The number of benzene rings is 2. The van der Waals surface area contributed by atoms with Gasteiger partial charge in [0.05, 0.1) is 11.5 Å². The van der Waals surface area contributed by atoms with Crippen molar-refractivity contribution in [1.82, 2.24) is 4.90 Å². The first-order valence-corrected chi connectivity index (χ1v) is 10.7. The average molecular weight is 386 g/mol. The lowest BCUT2D eigenvalue weighted by molar-refractivity contribution is -0.662. The highest BCUT2D eigenvalue weighted by Crippen LogP contribution is 2.41. The van der Waals surface area contributed by atoms with Gasteiger partial charge >= 0.3 is 0 Å². The van der Waals surface area contributed by atoms with Crippen LogP contribution in [0.1, 0.15) is 30.1 Å². The van der Waals surface area contributed by atoms with E-state index >= 15 is 0 Å². The van der Waals surface area contributed by atoms with Crippen molar-refractivity contribution in [2.45, 2.75) is 31.5 Å². The van der Waals surface area contributed by atoms with Crippen LogP contribution in [0.4, 0.5) is 0 Å². The summed E-state index contributed by atoms with van der Waals surface area (Å²) in [5.41, 5.74) is 3.51. The first-order valence-electron chi connectivity index (χ1n) is 10.7. The number of para-hydroxylation sites is 1. The van der Waals surface area contributed by atoms with Gasteiger partial charge in [0.1, 0.15) is 0 Å². The van der Waals surface area contributed by atoms with Crippen molar-refractivity contribution < 1.29 is 9.67 Å². The van der Waals surface area contributed by atoms with E-state index in [9.17, 15) is 5.11 Å². The minimum Gasteiger partial charge on any atom is -0.387 e. The number of piperidine rings is 3. The van der Waals surface area contributed by atoms with Gasteiger partial charge in [-0.3, -0.25) is 4.90 Å². The Morgan fingerprint density at radius 3 is 2.66 bits per heavy atom. The summed E-state index contributed by atoms with van der Waals surface area (Å²) in [5.74, 6) is 1.24. The van der Waals surface area contributed by atoms with Crippen molar-refractivity contribution in [3.05, 3.63) is 90.6 Å². The van der Waals surface area contributed by atoms with E-state index in [0.717, 1.165) is 37.0 Å². The minimum atomic E-state index is -0.458. The Hall–Kier alpha value is -2.49. The quantitative estimate of drug-likeness (QED) is 0.529. The maximum atomic E-state index is 11.4. The van der Waals surface area contributed by atoms with Gasteiger partial charge in [0.2, 0.25) is 5.52 Å². The highest BCUT2D eigenvalue weighted by molar-refractivity contribution is 5.79. The van der Waals surface area contributed by atoms with E-state index < -0.39 is 6.10 Å². The maximum absolute atomic E-state index is 11.4. The zero-order valence-corrected chi connectivity index (χ0v) is 16.8. The fraction of sp³-hybridized carbons (Fsp3) is 0.346. The first kappa shape index (κ1) is 18.5. The molecule has 2 aromatic carbocycles. The van der Waals surface area contributed by atoms with Gasteiger partial charge in [-0.2, -0.15) is 4.57 Å². The summed E-state index contributed by atoms with van der Waals surface area (Å²) >= 11 is 0. The molecule has 3 nitrogen and oxygen atoms in total. The van der Waals surface area contributed by atoms with E-state index in [1.165, 1.54) is 17.5 Å². The minimum absolute atomic E-state index is 0.207. The third-order valence-corrected chi connectivity index (χ3v) is 6.99. The molecule has 1 aromatic heterocycles. The Morgan fingerprint density at radius 2 is 1.90 bits per heavy atom. The molecule has 2 bridgehead atoms. The molecule has 29 heavy (non-hydrogen) atoms. The molecule has 0 spiro atoms. The van der Waals surface area contributed by atoms with E-state index in [2.05, 4.69) is 89.0 Å². The molecule has 0 radical (unpaired) electrons. The number of hydrogen-bond donors (Lipinski definition) is 1. The molecule has 3 aliphatic rings. The number of aliphatic hydroxyl groups excluding tert-OH is 1. The maximum Gasteiger partial charge on any atom is 0.213 e. The molecule has 3 aliphatic heterocycles. The van der Waals surface area contributed by atoms with E-state index in [4.69, 9.17) is 0 Å². The zero-order chi connectivity index (χ0) is 19.8. The number of aliphatic hydroxyl groups is 1.